The molecule has 18 heavy (non-hydrogen) atoms. The van der Waals surface area contributed by atoms with E-state index < -0.39 is 50.6 Å². The van der Waals surface area contributed by atoms with Crippen molar-refractivity contribution in [2.45, 2.75) is 30.9 Å². The third kappa shape index (κ3) is 3.67. The van der Waals surface area contributed by atoms with E-state index in [0.717, 1.165) is 0 Å². The molecule has 0 spiro atoms. The van der Waals surface area contributed by atoms with Crippen LogP contribution in [0.2, 0.25) is 0 Å². The van der Waals surface area contributed by atoms with Gasteiger partial charge in [0.15, 0.2) is 18.5 Å². The van der Waals surface area contributed by atoms with Gasteiger partial charge in [0.1, 0.15) is 6.67 Å². The van der Waals surface area contributed by atoms with Crippen LogP contribution in [0.3, 0.4) is 0 Å². The van der Waals surface area contributed by atoms with E-state index in [1.54, 1.807) is 0 Å². The highest BCUT2D eigenvalue weighted by Crippen LogP contribution is 2.34. The lowest BCUT2D eigenvalue weighted by atomic mass is 10.2. The van der Waals surface area contributed by atoms with Crippen LogP contribution in [-0.2, 0) is 4.74 Å². The predicted molar refractivity (Wildman–Crippen MR) is 43.2 cm³/mol. The van der Waals surface area contributed by atoms with Crippen LogP contribution in [0, 0.1) is 0 Å². The van der Waals surface area contributed by atoms with Crippen molar-refractivity contribution in [3.63, 3.8) is 0 Å². The molecule has 3 unspecified atom stereocenters. The molecule has 0 radical (unpaired) electrons. The number of morpholine rings is 1. The molecule has 0 aliphatic carbocycles. The number of halogens is 8. The number of nitrogens with zero attached hydrogens (tertiary/aromatic N) is 1. The topological polar surface area (TPSA) is 12.5 Å². The summed E-state index contributed by atoms with van der Waals surface area (Å²) in [6, 6.07) is 0. The Morgan fingerprint density at radius 3 is 1.67 bits per heavy atom. The van der Waals surface area contributed by atoms with Crippen molar-refractivity contribution in [2.75, 3.05) is 19.8 Å². The lowest BCUT2D eigenvalue weighted by Gasteiger charge is -2.39. The number of hydrogen-bond acceptors (Lipinski definition) is 2. The van der Waals surface area contributed by atoms with Crippen LogP contribution in [0.4, 0.5) is 35.1 Å². The van der Waals surface area contributed by atoms with Gasteiger partial charge in [-0.15, -0.1) is 0 Å². The first-order valence-electron chi connectivity index (χ1n) is 4.78. The molecule has 0 N–H and O–H groups in total. The normalized spacial score (nSPS) is 29.3. The first-order chi connectivity index (χ1) is 8.05. The van der Waals surface area contributed by atoms with E-state index in [1.807, 2.05) is 0 Å². The molecule has 1 heterocycles. The maximum absolute atomic E-state index is 12.9. The summed E-state index contributed by atoms with van der Waals surface area (Å²) in [5.41, 5.74) is 0. The van der Waals surface area contributed by atoms with Crippen LogP contribution >= 0.6 is 0 Å². The summed E-state index contributed by atoms with van der Waals surface area (Å²) in [7, 11) is 0. The number of hydrogen-bond donors (Lipinski definition) is 0. The number of rotatable bonds is 2. The SMILES string of the molecule is FCC(F)N1CC(C(F)(F)F)OC(C(F)(F)F)C1. The molecule has 3 atom stereocenters. The third-order valence-corrected chi connectivity index (χ3v) is 2.38. The minimum atomic E-state index is -5.07. The molecule has 0 amide bonds. The zero-order valence-corrected chi connectivity index (χ0v) is 8.73. The summed E-state index contributed by atoms with van der Waals surface area (Å²) < 4.78 is 103. The van der Waals surface area contributed by atoms with E-state index in [4.69, 9.17) is 0 Å². The number of alkyl halides is 8. The first-order valence-corrected chi connectivity index (χ1v) is 4.78. The molecule has 1 rings (SSSR count). The molecule has 1 aliphatic heterocycles. The van der Waals surface area contributed by atoms with Gasteiger partial charge in [0.2, 0.25) is 0 Å². The molecule has 108 valence electrons. The quantitative estimate of drug-likeness (QED) is 0.571. The molecule has 10 heteroatoms. The fraction of sp³-hybridized carbons (Fsp3) is 1.00. The summed E-state index contributed by atoms with van der Waals surface area (Å²) in [6.07, 6.45) is -18.2. The Bertz CT molecular complexity index is 255. The van der Waals surface area contributed by atoms with Gasteiger partial charge in [0, 0.05) is 13.1 Å². The van der Waals surface area contributed by atoms with Crippen molar-refractivity contribution in [1.82, 2.24) is 4.90 Å². The summed E-state index contributed by atoms with van der Waals surface area (Å²) in [6.45, 7) is -4.02. The smallest absolute Gasteiger partial charge is 0.353 e. The molecular weight excluding hydrogens is 278 g/mol. The van der Waals surface area contributed by atoms with E-state index in [9.17, 15) is 35.1 Å². The van der Waals surface area contributed by atoms with Crippen molar-refractivity contribution in [1.29, 1.82) is 0 Å². The maximum Gasteiger partial charge on any atom is 0.415 e. The van der Waals surface area contributed by atoms with Gasteiger partial charge in [0.05, 0.1) is 0 Å². The van der Waals surface area contributed by atoms with Crippen LogP contribution in [-0.4, -0.2) is 55.5 Å². The van der Waals surface area contributed by atoms with Gasteiger partial charge in [-0.25, -0.2) is 8.78 Å². The molecule has 0 saturated carbocycles. The Balaban J connectivity index is 2.86. The van der Waals surface area contributed by atoms with Gasteiger partial charge in [0.25, 0.3) is 0 Å². The Morgan fingerprint density at radius 2 is 1.39 bits per heavy atom. The van der Waals surface area contributed by atoms with Crippen molar-refractivity contribution in [3.8, 4) is 0 Å². The summed E-state index contributed by atoms with van der Waals surface area (Å²) in [5.74, 6) is 0. The van der Waals surface area contributed by atoms with Gasteiger partial charge in [-0.2, -0.15) is 26.3 Å². The minimum absolute atomic E-state index is 0.139. The number of ether oxygens (including phenoxy) is 1. The Morgan fingerprint density at radius 1 is 1.00 bits per heavy atom. The lowest BCUT2D eigenvalue weighted by molar-refractivity contribution is -0.312. The van der Waals surface area contributed by atoms with Crippen molar-refractivity contribution >= 4 is 0 Å². The highest BCUT2D eigenvalue weighted by Gasteiger charge is 2.53. The second-order valence-electron chi connectivity index (χ2n) is 3.74. The highest BCUT2D eigenvalue weighted by molar-refractivity contribution is 4.86. The van der Waals surface area contributed by atoms with Crippen molar-refractivity contribution < 1.29 is 39.9 Å². The Hall–Kier alpha value is -0.640. The fourth-order valence-corrected chi connectivity index (χ4v) is 1.47. The average Bonchev–Trinajstić information content (AvgIpc) is 2.25. The third-order valence-electron chi connectivity index (χ3n) is 2.38. The standard InChI is InChI=1S/C8H9F8NO/c9-1-6(10)17-2-4(7(11,12)13)18-5(3-17)8(14,15)16/h4-6H,1-3H2. The molecule has 0 aromatic carbocycles. The van der Waals surface area contributed by atoms with E-state index in [-0.39, 0.29) is 4.90 Å². The van der Waals surface area contributed by atoms with Crippen LogP contribution in [0.25, 0.3) is 0 Å². The van der Waals surface area contributed by atoms with Crippen LogP contribution in [0.5, 0.6) is 0 Å². The zero-order chi connectivity index (χ0) is 14.1. The van der Waals surface area contributed by atoms with Gasteiger partial charge >= 0.3 is 12.4 Å². The zero-order valence-electron chi connectivity index (χ0n) is 8.73. The van der Waals surface area contributed by atoms with Crippen LogP contribution in [0.15, 0.2) is 0 Å². The summed E-state index contributed by atoms with van der Waals surface area (Å²) in [5, 5.41) is 0. The van der Waals surface area contributed by atoms with Crippen LogP contribution in [0.1, 0.15) is 0 Å². The van der Waals surface area contributed by atoms with Crippen molar-refractivity contribution in [3.05, 3.63) is 0 Å². The second kappa shape index (κ2) is 5.16. The largest absolute Gasteiger partial charge is 0.415 e. The maximum atomic E-state index is 12.9. The van der Waals surface area contributed by atoms with Gasteiger partial charge in [-0.05, 0) is 0 Å². The summed E-state index contributed by atoms with van der Waals surface area (Å²) in [4.78, 5) is 0.139. The van der Waals surface area contributed by atoms with E-state index in [1.165, 1.54) is 0 Å². The molecule has 0 aromatic rings. The van der Waals surface area contributed by atoms with Crippen molar-refractivity contribution in [2.24, 2.45) is 0 Å². The van der Waals surface area contributed by atoms with E-state index >= 15 is 0 Å². The molecule has 2 nitrogen and oxygen atoms in total. The Labute approximate surface area is 96.5 Å². The predicted octanol–water partition coefficient (Wildman–Crippen LogP) is 2.45. The first kappa shape index (κ1) is 15.4. The molecule has 1 fully saturated rings. The van der Waals surface area contributed by atoms with Gasteiger partial charge in [-0.3, -0.25) is 4.90 Å². The molecule has 0 bridgehead atoms. The molecule has 0 aromatic heterocycles. The molecular formula is C8H9F8NO. The average molecular weight is 287 g/mol. The van der Waals surface area contributed by atoms with E-state index in [0.29, 0.717) is 0 Å². The van der Waals surface area contributed by atoms with Crippen LogP contribution < -0.4 is 0 Å². The monoisotopic (exact) mass is 287 g/mol. The van der Waals surface area contributed by atoms with Gasteiger partial charge in [-0.1, -0.05) is 0 Å². The fourth-order valence-electron chi connectivity index (χ4n) is 1.47. The van der Waals surface area contributed by atoms with Gasteiger partial charge < -0.3 is 4.74 Å². The molecule has 1 saturated heterocycles. The second-order valence-corrected chi connectivity index (χ2v) is 3.74. The Kier molecular flexibility index (Phi) is 4.42. The van der Waals surface area contributed by atoms with E-state index in [2.05, 4.69) is 4.74 Å². The summed E-state index contributed by atoms with van der Waals surface area (Å²) >= 11 is 0. The minimum Gasteiger partial charge on any atom is -0.353 e. The highest BCUT2D eigenvalue weighted by atomic mass is 19.4. The lowest BCUT2D eigenvalue weighted by Crippen LogP contribution is -2.59. The molecule has 1 aliphatic rings.